The van der Waals surface area contributed by atoms with Gasteiger partial charge in [0.15, 0.2) is 0 Å². The summed E-state index contributed by atoms with van der Waals surface area (Å²) in [4.78, 5) is 28.4. The molecule has 2 heterocycles. The standard InChI is InChI=1S/C17H20N2O3/c1-11-3-2-4-14-13(10-18-16(11)14)9-15(20)19-7-5-12(6-8-19)17(21)22/h2-4,10,12,18H,5-9H2,1H3,(H,21,22). The molecule has 1 aromatic heterocycles. The van der Waals surface area contributed by atoms with Gasteiger partial charge in [-0.15, -0.1) is 0 Å². The van der Waals surface area contributed by atoms with Crippen LogP contribution < -0.4 is 0 Å². The first-order chi connectivity index (χ1) is 10.6. The summed E-state index contributed by atoms with van der Waals surface area (Å²) in [6.45, 7) is 3.12. The van der Waals surface area contributed by atoms with E-state index in [0.717, 1.165) is 16.5 Å². The SMILES string of the molecule is Cc1cccc2c(CC(=O)N3CCC(C(=O)O)CC3)c[nH]c12. The van der Waals surface area contributed by atoms with Crippen molar-refractivity contribution in [1.82, 2.24) is 9.88 Å². The first-order valence-electron chi connectivity index (χ1n) is 7.62. The summed E-state index contributed by atoms with van der Waals surface area (Å²) < 4.78 is 0. The zero-order valence-electron chi connectivity index (χ0n) is 12.6. The van der Waals surface area contributed by atoms with Crippen molar-refractivity contribution in [3.05, 3.63) is 35.5 Å². The Balaban J connectivity index is 1.69. The van der Waals surface area contributed by atoms with Crippen molar-refractivity contribution in [2.45, 2.75) is 26.2 Å². The van der Waals surface area contributed by atoms with Crippen molar-refractivity contribution in [2.24, 2.45) is 5.92 Å². The van der Waals surface area contributed by atoms with Gasteiger partial charge in [0.05, 0.1) is 12.3 Å². The lowest BCUT2D eigenvalue weighted by atomic mass is 9.96. The van der Waals surface area contributed by atoms with Crippen LogP contribution in [0.1, 0.15) is 24.0 Å². The molecule has 22 heavy (non-hydrogen) atoms. The van der Waals surface area contributed by atoms with Crippen molar-refractivity contribution < 1.29 is 14.7 Å². The third kappa shape index (κ3) is 2.71. The number of aromatic nitrogens is 1. The number of H-pyrrole nitrogens is 1. The predicted molar refractivity (Wildman–Crippen MR) is 83.7 cm³/mol. The van der Waals surface area contributed by atoms with Crippen LogP contribution in [0.5, 0.6) is 0 Å². The van der Waals surface area contributed by atoms with E-state index in [4.69, 9.17) is 5.11 Å². The lowest BCUT2D eigenvalue weighted by Gasteiger charge is -2.30. The summed E-state index contributed by atoms with van der Waals surface area (Å²) in [6, 6.07) is 6.07. The molecule has 1 aliphatic rings. The highest BCUT2D eigenvalue weighted by molar-refractivity contribution is 5.90. The van der Waals surface area contributed by atoms with Gasteiger partial charge in [-0.1, -0.05) is 18.2 Å². The summed E-state index contributed by atoms with van der Waals surface area (Å²) in [5.74, 6) is -0.981. The lowest BCUT2D eigenvalue weighted by molar-refractivity contribution is -0.145. The Labute approximate surface area is 128 Å². The number of likely N-dealkylation sites (tertiary alicyclic amines) is 1. The molecular weight excluding hydrogens is 280 g/mol. The summed E-state index contributed by atoms with van der Waals surface area (Å²) in [5.41, 5.74) is 3.25. The Kier molecular flexibility index (Phi) is 3.88. The molecule has 5 heteroatoms. The van der Waals surface area contributed by atoms with E-state index < -0.39 is 5.97 Å². The van der Waals surface area contributed by atoms with Crippen molar-refractivity contribution in [3.8, 4) is 0 Å². The van der Waals surface area contributed by atoms with Crippen LogP contribution in [0, 0.1) is 12.8 Å². The molecule has 1 amide bonds. The lowest BCUT2D eigenvalue weighted by Crippen LogP contribution is -2.40. The average Bonchev–Trinajstić information content (AvgIpc) is 2.92. The number of carboxylic acid groups (broad SMARTS) is 1. The van der Waals surface area contributed by atoms with E-state index in [-0.39, 0.29) is 11.8 Å². The highest BCUT2D eigenvalue weighted by atomic mass is 16.4. The van der Waals surface area contributed by atoms with Gasteiger partial charge in [0.1, 0.15) is 0 Å². The van der Waals surface area contributed by atoms with Gasteiger partial charge in [0.2, 0.25) is 5.91 Å². The first kappa shape index (κ1) is 14.6. The number of hydrogen-bond donors (Lipinski definition) is 2. The molecule has 0 aliphatic carbocycles. The Morgan fingerprint density at radius 1 is 1.32 bits per heavy atom. The molecule has 2 aromatic rings. The topological polar surface area (TPSA) is 73.4 Å². The van der Waals surface area contributed by atoms with E-state index in [0.29, 0.717) is 32.4 Å². The second-order valence-electron chi connectivity index (χ2n) is 5.98. The summed E-state index contributed by atoms with van der Waals surface area (Å²) >= 11 is 0. The summed E-state index contributed by atoms with van der Waals surface area (Å²) in [7, 11) is 0. The van der Waals surface area contributed by atoms with Crippen LogP contribution in [0.2, 0.25) is 0 Å². The van der Waals surface area contributed by atoms with E-state index >= 15 is 0 Å². The Morgan fingerprint density at radius 3 is 2.73 bits per heavy atom. The van der Waals surface area contributed by atoms with Gasteiger partial charge in [0, 0.05) is 30.2 Å². The largest absolute Gasteiger partial charge is 0.481 e. The number of nitrogens with one attached hydrogen (secondary N) is 1. The fourth-order valence-corrected chi connectivity index (χ4v) is 3.16. The van der Waals surface area contributed by atoms with Gasteiger partial charge >= 0.3 is 5.97 Å². The van der Waals surface area contributed by atoms with Gasteiger partial charge < -0.3 is 15.0 Å². The number of hydrogen-bond acceptors (Lipinski definition) is 2. The molecule has 0 unspecified atom stereocenters. The van der Waals surface area contributed by atoms with Crippen molar-refractivity contribution in [2.75, 3.05) is 13.1 Å². The third-order valence-corrected chi connectivity index (χ3v) is 4.55. The van der Waals surface area contributed by atoms with Crippen LogP contribution in [0.4, 0.5) is 0 Å². The molecule has 1 aliphatic heterocycles. The highest BCUT2D eigenvalue weighted by Crippen LogP contribution is 2.23. The van der Waals surface area contributed by atoms with Gasteiger partial charge in [-0.3, -0.25) is 9.59 Å². The highest BCUT2D eigenvalue weighted by Gasteiger charge is 2.27. The Morgan fingerprint density at radius 2 is 2.05 bits per heavy atom. The van der Waals surface area contributed by atoms with Crippen LogP contribution in [-0.2, 0) is 16.0 Å². The zero-order valence-corrected chi connectivity index (χ0v) is 12.6. The number of carbonyl (C=O) groups is 2. The fourth-order valence-electron chi connectivity index (χ4n) is 3.16. The summed E-state index contributed by atoms with van der Waals surface area (Å²) in [5, 5.41) is 10.1. The van der Waals surface area contributed by atoms with Crippen molar-refractivity contribution >= 4 is 22.8 Å². The number of nitrogens with zero attached hydrogens (tertiary/aromatic N) is 1. The minimum absolute atomic E-state index is 0.0752. The number of carbonyl (C=O) groups excluding carboxylic acids is 1. The average molecular weight is 300 g/mol. The number of carboxylic acids is 1. The molecule has 1 fully saturated rings. The van der Waals surface area contributed by atoms with Crippen LogP contribution in [0.25, 0.3) is 10.9 Å². The minimum Gasteiger partial charge on any atom is -0.481 e. The van der Waals surface area contributed by atoms with Crippen LogP contribution in [0.3, 0.4) is 0 Å². The smallest absolute Gasteiger partial charge is 0.306 e. The Hall–Kier alpha value is -2.30. The van der Waals surface area contributed by atoms with Crippen molar-refractivity contribution in [1.29, 1.82) is 0 Å². The Bertz CT molecular complexity index is 712. The molecule has 2 N–H and O–H groups in total. The number of fused-ring (bicyclic) bond motifs is 1. The van der Waals surface area contributed by atoms with Crippen LogP contribution >= 0.6 is 0 Å². The third-order valence-electron chi connectivity index (χ3n) is 4.55. The molecular formula is C17H20N2O3. The van der Waals surface area contributed by atoms with Crippen LogP contribution in [-0.4, -0.2) is 40.0 Å². The number of aryl methyl sites for hydroxylation is 1. The number of piperidine rings is 1. The van der Waals surface area contributed by atoms with E-state index in [9.17, 15) is 9.59 Å². The van der Waals surface area contributed by atoms with Gasteiger partial charge in [-0.25, -0.2) is 0 Å². The molecule has 5 nitrogen and oxygen atoms in total. The second kappa shape index (κ2) is 5.83. The monoisotopic (exact) mass is 300 g/mol. The maximum absolute atomic E-state index is 12.4. The predicted octanol–water partition coefficient (Wildman–Crippen LogP) is 2.34. The van der Waals surface area contributed by atoms with E-state index in [1.54, 1.807) is 4.90 Å². The van der Waals surface area contributed by atoms with E-state index in [1.165, 1.54) is 5.56 Å². The van der Waals surface area contributed by atoms with Gasteiger partial charge in [-0.2, -0.15) is 0 Å². The fraction of sp³-hybridized carbons (Fsp3) is 0.412. The minimum atomic E-state index is -0.751. The molecule has 1 saturated heterocycles. The number of aromatic amines is 1. The maximum atomic E-state index is 12.4. The van der Waals surface area contributed by atoms with Gasteiger partial charge in [0.25, 0.3) is 0 Å². The number of para-hydroxylation sites is 1. The molecule has 0 radical (unpaired) electrons. The maximum Gasteiger partial charge on any atom is 0.306 e. The van der Waals surface area contributed by atoms with E-state index in [2.05, 4.69) is 4.98 Å². The summed E-state index contributed by atoms with van der Waals surface area (Å²) in [6.07, 6.45) is 3.36. The molecule has 0 bridgehead atoms. The molecule has 0 spiro atoms. The first-order valence-corrected chi connectivity index (χ1v) is 7.62. The number of aliphatic carboxylic acids is 1. The number of amides is 1. The molecule has 0 saturated carbocycles. The quantitative estimate of drug-likeness (QED) is 0.913. The zero-order chi connectivity index (χ0) is 15.7. The van der Waals surface area contributed by atoms with Crippen LogP contribution in [0.15, 0.2) is 24.4 Å². The van der Waals surface area contributed by atoms with E-state index in [1.807, 2.05) is 31.3 Å². The number of benzene rings is 1. The van der Waals surface area contributed by atoms with Gasteiger partial charge in [-0.05, 0) is 30.9 Å². The molecule has 0 atom stereocenters. The van der Waals surface area contributed by atoms with Crippen molar-refractivity contribution in [3.63, 3.8) is 0 Å². The molecule has 116 valence electrons. The molecule has 3 rings (SSSR count). The molecule has 1 aromatic carbocycles. The second-order valence-corrected chi connectivity index (χ2v) is 5.98. The number of rotatable bonds is 3. The normalized spacial score (nSPS) is 16.1.